The van der Waals surface area contributed by atoms with Crippen molar-refractivity contribution in [2.75, 3.05) is 33.3 Å². The van der Waals surface area contributed by atoms with E-state index in [0.717, 1.165) is 18.0 Å². The van der Waals surface area contributed by atoms with Gasteiger partial charge < -0.3 is 14.8 Å². The van der Waals surface area contributed by atoms with Gasteiger partial charge in [0.25, 0.3) is 0 Å². The molecule has 1 aliphatic rings. The summed E-state index contributed by atoms with van der Waals surface area (Å²) in [6.45, 7) is 4.51. The summed E-state index contributed by atoms with van der Waals surface area (Å²) >= 11 is 0. The van der Waals surface area contributed by atoms with Gasteiger partial charge in [-0.2, -0.15) is 0 Å². The smallest absolute Gasteiger partial charge is 0.321 e. The molecule has 7 nitrogen and oxygen atoms in total. The van der Waals surface area contributed by atoms with Crippen molar-refractivity contribution < 1.29 is 19.1 Å². The average Bonchev–Trinajstić information content (AvgIpc) is 2.58. The Morgan fingerprint density at radius 1 is 1.30 bits per heavy atom. The minimum Gasteiger partial charge on any atom is -0.486 e. The van der Waals surface area contributed by atoms with Gasteiger partial charge in [0.15, 0.2) is 11.5 Å². The zero-order valence-electron chi connectivity index (χ0n) is 13.5. The molecule has 7 heteroatoms. The second kappa shape index (κ2) is 8.38. The quantitative estimate of drug-likeness (QED) is 0.817. The maximum atomic E-state index is 11.6. The first-order valence-corrected chi connectivity index (χ1v) is 7.74. The van der Waals surface area contributed by atoms with E-state index in [9.17, 15) is 9.59 Å². The van der Waals surface area contributed by atoms with Crippen LogP contribution in [0.5, 0.6) is 11.5 Å². The fourth-order valence-electron chi connectivity index (χ4n) is 2.33. The number of carbonyl (C=O) groups is 2. The highest BCUT2D eigenvalue weighted by Crippen LogP contribution is 2.30. The molecule has 0 aliphatic carbocycles. The molecule has 23 heavy (non-hydrogen) atoms. The van der Waals surface area contributed by atoms with E-state index in [1.807, 2.05) is 31.2 Å². The SMILES string of the molecule is CCN(CCC(=O)NC(=O)NC)CC1COc2ccccc2O1. The molecule has 126 valence electrons. The molecular weight excluding hydrogens is 298 g/mol. The Hall–Kier alpha value is -2.28. The highest BCUT2D eigenvalue weighted by atomic mass is 16.6. The molecule has 1 aliphatic heterocycles. The summed E-state index contributed by atoms with van der Waals surface area (Å²) in [4.78, 5) is 24.8. The number of fused-ring (bicyclic) bond motifs is 1. The lowest BCUT2D eigenvalue weighted by Gasteiger charge is -2.30. The molecule has 0 spiro atoms. The van der Waals surface area contributed by atoms with Crippen LogP contribution in [0.2, 0.25) is 0 Å². The Balaban J connectivity index is 1.79. The Labute approximate surface area is 135 Å². The second-order valence-electron chi connectivity index (χ2n) is 5.27. The van der Waals surface area contributed by atoms with Crippen LogP contribution in [0.4, 0.5) is 4.79 Å². The Morgan fingerprint density at radius 2 is 2.04 bits per heavy atom. The minimum absolute atomic E-state index is 0.0770. The molecule has 0 radical (unpaired) electrons. The number of likely N-dealkylation sites (N-methyl/N-ethyl adjacent to an activating group) is 1. The molecule has 0 saturated carbocycles. The lowest BCUT2D eigenvalue weighted by atomic mass is 10.2. The number of imide groups is 1. The minimum atomic E-state index is -0.487. The van der Waals surface area contributed by atoms with E-state index < -0.39 is 6.03 Å². The van der Waals surface area contributed by atoms with Crippen LogP contribution in [0.25, 0.3) is 0 Å². The van der Waals surface area contributed by atoms with Gasteiger partial charge in [-0.3, -0.25) is 15.0 Å². The van der Waals surface area contributed by atoms with Crippen LogP contribution in [0.3, 0.4) is 0 Å². The van der Waals surface area contributed by atoms with E-state index in [4.69, 9.17) is 9.47 Å². The molecule has 1 atom stereocenters. The van der Waals surface area contributed by atoms with Gasteiger partial charge in [0.2, 0.25) is 5.91 Å². The predicted octanol–water partition coefficient (Wildman–Crippen LogP) is 0.994. The van der Waals surface area contributed by atoms with E-state index in [-0.39, 0.29) is 18.4 Å². The lowest BCUT2D eigenvalue weighted by molar-refractivity contribution is -0.120. The summed E-state index contributed by atoms with van der Waals surface area (Å²) in [7, 11) is 1.47. The molecule has 0 bridgehead atoms. The third kappa shape index (κ3) is 5.14. The number of benzene rings is 1. The summed E-state index contributed by atoms with van der Waals surface area (Å²) in [6.07, 6.45) is 0.178. The molecule has 0 fully saturated rings. The van der Waals surface area contributed by atoms with Crippen molar-refractivity contribution in [1.82, 2.24) is 15.5 Å². The van der Waals surface area contributed by atoms with Crippen LogP contribution in [-0.2, 0) is 4.79 Å². The summed E-state index contributed by atoms with van der Waals surface area (Å²) in [5, 5.41) is 4.61. The highest BCUT2D eigenvalue weighted by Gasteiger charge is 2.22. The fourth-order valence-corrected chi connectivity index (χ4v) is 2.33. The monoisotopic (exact) mass is 321 g/mol. The molecular formula is C16H23N3O4. The van der Waals surface area contributed by atoms with E-state index >= 15 is 0 Å². The number of ether oxygens (including phenoxy) is 2. The zero-order chi connectivity index (χ0) is 16.7. The molecule has 1 heterocycles. The standard InChI is InChI=1S/C16H23N3O4/c1-3-19(9-8-15(20)18-16(21)17-2)10-12-11-22-13-6-4-5-7-14(13)23-12/h4-7,12H,3,8-11H2,1-2H3,(H2,17,18,20,21). The van der Waals surface area contributed by atoms with E-state index in [1.54, 1.807) is 0 Å². The number of rotatable bonds is 6. The van der Waals surface area contributed by atoms with Gasteiger partial charge in [0.1, 0.15) is 12.7 Å². The van der Waals surface area contributed by atoms with Crippen LogP contribution >= 0.6 is 0 Å². The Morgan fingerprint density at radius 3 is 2.74 bits per heavy atom. The predicted molar refractivity (Wildman–Crippen MR) is 85.7 cm³/mol. The van der Waals surface area contributed by atoms with Crippen molar-refractivity contribution in [3.8, 4) is 11.5 Å². The molecule has 1 aromatic carbocycles. The average molecular weight is 321 g/mol. The number of hydrogen-bond acceptors (Lipinski definition) is 5. The largest absolute Gasteiger partial charge is 0.486 e. The summed E-state index contributed by atoms with van der Waals surface area (Å²) in [6, 6.07) is 7.09. The van der Waals surface area contributed by atoms with Crippen LogP contribution in [-0.4, -0.2) is 56.2 Å². The number of carbonyl (C=O) groups excluding carboxylic acids is 2. The number of para-hydroxylation sites is 2. The maximum Gasteiger partial charge on any atom is 0.321 e. The summed E-state index contributed by atoms with van der Waals surface area (Å²) in [5.74, 6) is 1.21. The molecule has 3 amide bonds. The summed E-state index contributed by atoms with van der Waals surface area (Å²) in [5.41, 5.74) is 0. The molecule has 2 N–H and O–H groups in total. The fraction of sp³-hybridized carbons (Fsp3) is 0.500. The zero-order valence-corrected chi connectivity index (χ0v) is 13.5. The summed E-state index contributed by atoms with van der Waals surface area (Å²) < 4.78 is 11.6. The Kier molecular flexibility index (Phi) is 6.22. The third-order valence-corrected chi connectivity index (χ3v) is 3.61. The maximum absolute atomic E-state index is 11.6. The second-order valence-corrected chi connectivity index (χ2v) is 5.27. The molecule has 1 unspecified atom stereocenters. The van der Waals surface area contributed by atoms with E-state index in [2.05, 4.69) is 15.5 Å². The van der Waals surface area contributed by atoms with E-state index in [1.165, 1.54) is 7.05 Å². The molecule has 2 rings (SSSR count). The first-order valence-electron chi connectivity index (χ1n) is 7.74. The van der Waals surface area contributed by atoms with Crippen molar-refractivity contribution in [2.45, 2.75) is 19.4 Å². The van der Waals surface area contributed by atoms with E-state index in [0.29, 0.717) is 19.7 Å². The first-order chi connectivity index (χ1) is 11.1. The van der Waals surface area contributed by atoms with Gasteiger partial charge >= 0.3 is 6.03 Å². The van der Waals surface area contributed by atoms with Gasteiger partial charge in [-0.1, -0.05) is 19.1 Å². The number of nitrogens with one attached hydrogen (secondary N) is 2. The van der Waals surface area contributed by atoms with Crippen molar-refractivity contribution in [3.63, 3.8) is 0 Å². The number of nitrogens with zero attached hydrogens (tertiary/aromatic N) is 1. The molecule has 1 aromatic rings. The third-order valence-electron chi connectivity index (χ3n) is 3.61. The van der Waals surface area contributed by atoms with Gasteiger partial charge in [-0.05, 0) is 18.7 Å². The van der Waals surface area contributed by atoms with Crippen molar-refractivity contribution in [3.05, 3.63) is 24.3 Å². The molecule has 0 saturated heterocycles. The topological polar surface area (TPSA) is 79.9 Å². The van der Waals surface area contributed by atoms with Gasteiger partial charge in [0, 0.05) is 26.6 Å². The lowest BCUT2D eigenvalue weighted by Crippen LogP contribution is -2.43. The van der Waals surface area contributed by atoms with Gasteiger partial charge in [-0.25, -0.2) is 4.79 Å². The normalized spacial score (nSPS) is 16.0. The van der Waals surface area contributed by atoms with Gasteiger partial charge in [0.05, 0.1) is 0 Å². The van der Waals surface area contributed by atoms with Crippen molar-refractivity contribution >= 4 is 11.9 Å². The van der Waals surface area contributed by atoms with Crippen molar-refractivity contribution in [1.29, 1.82) is 0 Å². The molecule has 0 aromatic heterocycles. The van der Waals surface area contributed by atoms with Crippen LogP contribution < -0.4 is 20.1 Å². The number of amides is 3. The van der Waals surface area contributed by atoms with Crippen LogP contribution in [0.1, 0.15) is 13.3 Å². The van der Waals surface area contributed by atoms with Gasteiger partial charge in [-0.15, -0.1) is 0 Å². The van der Waals surface area contributed by atoms with Crippen molar-refractivity contribution in [2.24, 2.45) is 0 Å². The van der Waals surface area contributed by atoms with Crippen LogP contribution in [0.15, 0.2) is 24.3 Å². The van der Waals surface area contributed by atoms with Crippen LogP contribution in [0, 0.1) is 0 Å². The highest BCUT2D eigenvalue weighted by molar-refractivity contribution is 5.94. The number of urea groups is 1. The Bertz CT molecular complexity index is 550. The number of hydrogen-bond donors (Lipinski definition) is 2. The first kappa shape index (κ1) is 17.1.